The van der Waals surface area contributed by atoms with Gasteiger partial charge < -0.3 is 28.7 Å². The molecule has 1 atom stereocenters. The van der Waals surface area contributed by atoms with Gasteiger partial charge in [0.1, 0.15) is 5.60 Å². The first kappa shape index (κ1) is 26.6. The molecule has 2 aliphatic carbocycles. The smallest absolute Gasteiger partial charge is 0.322 e. The van der Waals surface area contributed by atoms with Crippen LogP contribution in [0, 0.1) is 10.8 Å². The first-order valence-electron chi connectivity index (χ1n) is 12.4. The summed E-state index contributed by atoms with van der Waals surface area (Å²) in [6.07, 6.45) is 5.26. The lowest BCUT2D eigenvalue weighted by Crippen LogP contribution is -2.47. The number of methoxy groups -OCH3 is 3. The van der Waals surface area contributed by atoms with Gasteiger partial charge in [-0.05, 0) is 54.7 Å². The summed E-state index contributed by atoms with van der Waals surface area (Å²) >= 11 is 0. The molecule has 0 aliphatic heterocycles. The Hall–Kier alpha value is -3.49. The van der Waals surface area contributed by atoms with Crippen LogP contribution in [-0.2, 0) is 0 Å². The zero-order valence-corrected chi connectivity index (χ0v) is 23.2. The molecule has 2 aliphatic rings. The van der Waals surface area contributed by atoms with Crippen LogP contribution in [0.4, 0.5) is 5.69 Å². The molecule has 1 unspecified atom stereocenters. The Kier molecular flexibility index (Phi) is 6.77. The van der Waals surface area contributed by atoms with Crippen LogP contribution in [0.5, 0.6) is 23.7 Å². The maximum Gasteiger partial charge on any atom is 0.322 e. The van der Waals surface area contributed by atoms with Crippen molar-refractivity contribution in [2.45, 2.75) is 66.4 Å². The van der Waals surface area contributed by atoms with Gasteiger partial charge in [-0.15, -0.1) is 0 Å². The fourth-order valence-electron chi connectivity index (χ4n) is 5.65. The number of hydrogen-bond acceptors (Lipinski definition) is 8. The average molecular weight is 512 g/mol. The Balaban J connectivity index is 1.62. The average Bonchev–Trinajstić information content (AvgIpc) is 3.29. The van der Waals surface area contributed by atoms with Crippen molar-refractivity contribution in [3.8, 4) is 23.7 Å². The largest absolute Gasteiger partial charge is 0.479 e. The maximum absolute atomic E-state index is 13.1. The number of nitrogens with zero attached hydrogens (tertiary/aromatic N) is 2. The van der Waals surface area contributed by atoms with Crippen molar-refractivity contribution in [2.75, 3.05) is 26.6 Å². The van der Waals surface area contributed by atoms with Gasteiger partial charge in [0.25, 0.3) is 11.9 Å². The zero-order chi connectivity index (χ0) is 27.2. The van der Waals surface area contributed by atoms with Gasteiger partial charge in [-0.25, -0.2) is 0 Å². The number of furan rings is 1. The van der Waals surface area contributed by atoms with Crippen LogP contribution in [0.15, 0.2) is 39.3 Å². The summed E-state index contributed by atoms with van der Waals surface area (Å²) in [5.74, 6) is 0.0128. The fraction of sp³-hybridized carbons (Fsp3) is 0.536. The van der Waals surface area contributed by atoms with Crippen molar-refractivity contribution in [2.24, 2.45) is 10.8 Å². The molecular weight excluding hydrogens is 474 g/mol. The molecule has 2 aromatic rings. The predicted octanol–water partition coefficient (Wildman–Crippen LogP) is 5.98. The van der Waals surface area contributed by atoms with E-state index in [2.05, 4.69) is 62.9 Å². The van der Waals surface area contributed by atoms with Crippen LogP contribution in [0.25, 0.3) is 0 Å². The number of amides is 1. The molecule has 2 heterocycles. The number of ether oxygens (including phenoxy) is 4. The Morgan fingerprint density at radius 2 is 1.57 bits per heavy atom. The predicted molar refractivity (Wildman–Crippen MR) is 140 cm³/mol. The lowest BCUT2D eigenvalue weighted by Gasteiger charge is -2.51. The highest BCUT2D eigenvalue weighted by Gasteiger charge is 2.49. The molecule has 0 bridgehead atoms. The lowest BCUT2D eigenvalue weighted by atomic mass is 9.56. The van der Waals surface area contributed by atoms with Crippen molar-refractivity contribution >= 4 is 11.6 Å². The minimum atomic E-state index is -0.600. The molecule has 0 radical (unpaired) electrons. The number of carbonyl (C=O) groups excluding carboxylic acids is 1. The molecule has 0 spiro atoms. The van der Waals surface area contributed by atoms with Crippen molar-refractivity contribution < 1.29 is 28.2 Å². The first-order valence-corrected chi connectivity index (χ1v) is 12.4. The third-order valence-electron chi connectivity index (χ3n) is 7.35. The van der Waals surface area contributed by atoms with Gasteiger partial charge in [-0.1, -0.05) is 39.3 Å². The van der Waals surface area contributed by atoms with Crippen LogP contribution in [0.2, 0.25) is 0 Å². The number of aromatic nitrogens is 2. The Bertz CT molecular complexity index is 1250. The molecule has 0 saturated carbocycles. The minimum Gasteiger partial charge on any atom is -0.479 e. The maximum atomic E-state index is 13.1. The molecule has 0 saturated heterocycles. The van der Waals surface area contributed by atoms with E-state index in [1.54, 1.807) is 12.1 Å². The summed E-state index contributed by atoms with van der Waals surface area (Å²) in [5.41, 5.74) is 3.50. The molecule has 2 aromatic heterocycles. The van der Waals surface area contributed by atoms with Crippen LogP contribution >= 0.6 is 0 Å². The van der Waals surface area contributed by atoms with Crippen LogP contribution < -0.4 is 24.3 Å². The van der Waals surface area contributed by atoms with Gasteiger partial charge in [-0.2, -0.15) is 9.97 Å². The minimum absolute atomic E-state index is 0.0227. The Morgan fingerprint density at radius 3 is 2.16 bits per heavy atom. The van der Waals surface area contributed by atoms with E-state index in [0.29, 0.717) is 0 Å². The van der Waals surface area contributed by atoms with E-state index < -0.39 is 11.5 Å². The molecule has 9 heteroatoms. The van der Waals surface area contributed by atoms with Gasteiger partial charge in [-0.3, -0.25) is 4.79 Å². The number of allylic oxidation sites excluding steroid dienone is 2. The van der Waals surface area contributed by atoms with E-state index in [0.717, 1.165) is 19.3 Å². The summed E-state index contributed by atoms with van der Waals surface area (Å²) in [6, 6.07) is 3.30. The second-order valence-electron chi connectivity index (χ2n) is 11.2. The van der Waals surface area contributed by atoms with Crippen molar-refractivity contribution in [3.63, 3.8) is 0 Å². The molecule has 0 aromatic carbocycles. The fourth-order valence-corrected chi connectivity index (χ4v) is 5.65. The number of nitrogens with one attached hydrogen (secondary N) is 1. The molecule has 200 valence electrons. The summed E-state index contributed by atoms with van der Waals surface area (Å²) in [6.45, 7) is 13.4. The SMILES string of the molecule is COc1nc(OC)c(NC(=O)c2ccc(OC3(C)CC(C)=CC4=C3C(C)(C)CCC4(C)C)o2)c(OC)n1. The van der Waals surface area contributed by atoms with Crippen LogP contribution in [0.1, 0.15) is 71.4 Å². The standard InChI is InChI=1S/C28H37N3O6/c1-16-14-17-21(27(4,5)13-12-26(17,2)3)28(6,15-16)37-19-11-10-18(36-19)22(32)29-20-23(33-7)30-25(35-9)31-24(20)34-8/h10-11,14H,12-13,15H2,1-9H3,(H,29,32). The zero-order valence-electron chi connectivity index (χ0n) is 23.2. The van der Waals surface area contributed by atoms with E-state index in [1.807, 2.05) is 0 Å². The lowest BCUT2D eigenvalue weighted by molar-refractivity contribution is 0.0561. The number of rotatable bonds is 7. The van der Waals surface area contributed by atoms with E-state index in [1.165, 1.54) is 38.0 Å². The molecule has 0 fully saturated rings. The second-order valence-corrected chi connectivity index (χ2v) is 11.2. The molecular formula is C28H37N3O6. The molecule has 1 N–H and O–H groups in total. The highest BCUT2D eigenvalue weighted by molar-refractivity contribution is 6.03. The second kappa shape index (κ2) is 9.43. The molecule has 37 heavy (non-hydrogen) atoms. The topological polar surface area (TPSA) is 105 Å². The third-order valence-corrected chi connectivity index (χ3v) is 7.35. The van der Waals surface area contributed by atoms with Crippen molar-refractivity contribution in [1.29, 1.82) is 0 Å². The Labute approximate surface area is 218 Å². The number of hydrogen-bond donors (Lipinski definition) is 1. The highest BCUT2D eigenvalue weighted by Crippen LogP contribution is 2.56. The summed E-state index contributed by atoms with van der Waals surface area (Å²) < 4.78 is 28.1. The highest BCUT2D eigenvalue weighted by atomic mass is 16.6. The van der Waals surface area contributed by atoms with Gasteiger partial charge >= 0.3 is 6.01 Å². The monoisotopic (exact) mass is 511 g/mol. The summed E-state index contributed by atoms with van der Waals surface area (Å²) in [7, 11) is 4.28. The van der Waals surface area contributed by atoms with Crippen molar-refractivity contribution in [3.05, 3.63) is 40.7 Å². The van der Waals surface area contributed by atoms with Gasteiger partial charge in [0, 0.05) is 12.5 Å². The number of anilines is 1. The molecule has 9 nitrogen and oxygen atoms in total. The normalized spacial score (nSPS) is 22.0. The van der Waals surface area contributed by atoms with Gasteiger partial charge in [0.2, 0.25) is 11.8 Å². The van der Waals surface area contributed by atoms with Crippen molar-refractivity contribution in [1.82, 2.24) is 9.97 Å². The van der Waals surface area contributed by atoms with Gasteiger partial charge in [0.05, 0.1) is 21.3 Å². The van der Waals surface area contributed by atoms with Crippen LogP contribution in [-0.4, -0.2) is 42.8 Å². The molecule has 1 amide bonds. The Morgan fingerprint density at radius 1 is 0.946 bits per heavy atom. The first-order chi connectivity index (χ1) is 17.3. The summed E-state index contributed by atoms with van der Waals surface area (Å²) in [4.78, 5) is 21.3. The van der Waals surface area contributed by atoms with Gasteiger partial charge in [0.15, 0.2) is 11.4 Å². The van der Waals surface area contributed by atoms with Crippen LogP contribution in [0.3, 0.4) is 0 Å². The van der Waals surface area contributed by atoms with E-state index in [9.17, 15) is 4.79 Å². The van der Waals surface area contributed by atoms with E-state index >= 15 is 0 Å². The quantitative estimate of drug-likeness (QED) is 0.484. The van der Waals surface area contributed by atoms with E-state index in [-0.39, 0.29) is 46.0 Å². The molecule has 4 rings (SSSR count). The number of carbonyl (C=O) groups is 1. The summed E-state index contributed by atoms with van der Waals surface area (Å²) in [5, 5.41) is 2.71. The third kappa shape index (κ3) is 4.91. The van der Waals surface area contributed by atoms with E-state index in [4.69, 9.17) is 23.4 Å².